The van der Waals surface area contributed by atoms with Gasteiger partial charge in [0.25, 0.3) is 0 Å². The molecule has 0 unspecified atom stereocenters. The van der Waals surface area contributed by atoms with Gasteiger partial charge in [-0.3, -0.25) is 0 Å². The number of fused-ring (bicyclic) bond motifs is 6. The van der Waals surface area contributed by atoms with Crippen molar-refractivity contribution in [3.63, 3.8) is 0 Å². The quantitative estimate of drug-likeness (QED) is 0.138. The van der Waals surface area contributed by atoms with E-state index in [4.69, 9.17) is 37.9 Å². The molecule has 26 atom stereocenters. The van der Waals surface area contributed by atoms with Crippen molar-refractivity contribution in [2.45, 2.75) is 190 Å². The molecule has 9 fully saturated rings. The fraction of sp³-hybridized carbons (Fsp3) is 0.911. The number of allylic oxidation sites excluding steroid dienone is 2. The van der Waals surface area contributed by atoms with Crippen molar-refractivity contribution in [2.24, 2.45) is 46.3 Å². The molecular weight excluding hydrogens is 812 g/mol. The van der Waals surface area contributed by atoms with Crippen LogP contribution >= 0.6 is 0 Å². The third-order valence-corrected chi connectivity index (χ3v) is 17.1. The van der Waals surface area contributed by atoms with Crippen LogP contribution in [0.1, 0.15) is 79.6 Å². The lowest BCUT2D eigenvalue weighted by molar-refractivity contribution is -0.394. The van der Waals surface area contributed by atoms with Crippen LogP contribution in [0.25, 0.3) is 0 Å². The van der Waals surface area contributed by atoms with Crippen molar-refractivity contribution in [1.82, 2.24) is 0 Å². The molecule has 10 aliphatic rings. The average molecular weight is 883 g/mol. The molecule has 17 nitrogen and oxygen atoms in total. The smallest absolute Gasteiger partial charge is 0.187 e. The van der Waals surface area contributed by atoms with Crippen molar-refractivity contribution in [3.05, 3.63) is 23.3 Å². The molecule has 0 radical (unpaired) electrons. The van der Waals surface area contributed by atoms with Crippen molar-refractivity contribution in [2.75, 3.05) is 19.8 Å². The number of ether oxygens (including phenoxy) is 8. The highest BCUT2D eigenvalue weighted by atomic mass is 16.8. The Balaban J connectivity index is 0.923. The van der Waals surface area contributed by atoms with Gasteiger partial charge in [0.05, 0.1) is 38.1 Å². The molecule has 0 aromatic carbocycles. The highest BCUT2D eigenvalue weighted by Gasteiger charge is 2.68. The lowest BCUT2D eigenvalue weighted by Gasteiger charge is -2.59. The molecule has 0 aromatic heterocycles. The molecule has 0 aromatic rings. The lowest BCUT2D eigenvalue weighted by atomic mass is 9.46. The van der Waals surface area contributed by atoms with Gasteiger partial charge in [-0.2, -0.15) is 0 Å². The van der Waals surface area contributed by atoms with Gasteiger partial charge in [0, 0.05) is 11.3 Å². The van der Waals surface area contributed by atoms with E-state index in [0.717, 1.165) is 38.7 Å². The summed E-state index contributed by atoms with van der Waals surface area (Å²) in [6, 6.07) is 0. The second-order valence-electron chi connectivity index (χ2n) is 20.6. The number of aliphatic hydroxyl groups is 9. The predicted molar refractivity (Wildman–Crippen MR) is 214 cm³/mol. The summed E-state index contributed by atoms with van der Waals surface area (Å²) in [7, 11) is 0. The number of aliphatic hydroxyl groups excluding tert-OH is 9. The van der Waals surface area contributed by atoms with E-state index in [0.29, 0.717) is 42.4 Å². The monoisotopic (exact) mass is 882 g/mol. The largest absolute Gasteiger partial charge is 0.394 e. The fourth-order valence-electron chi connectivity index (χ4n) is 13.9. The van der Waals surface area contributed by atoms with Crippen LogP contribution in [-0.2, 0) is 37.9 Å². The molecule has 4 aliphatic carbocycles. The summed E-state index contributed by atoms with van der Waals surface area (Å²) in [5.74, 6) is 2.73. The highest BCUT2D eigenvalue weighted by molar-refractivity contribution is 5.27. The Bertz CT molecular complexity index is 1660. The van der Waals surface area contributed by atoms with Gasteiger partial charge in [-0.25, -0.2) is 0 Å². The van der Waals surface area contributed by atoms with Crippen molar-refractivity contribution in [3.8, 4) is 0 Å². The molecule has 4 bridgehead atoms. The zero-order chi connectivity index (χ0) is 44.2. The molecule has 6 saturated heterocycles. The molecule has 3 saturated carbocycles. The van der Waals surface area contributed by atoms with Crippen LogP contribution in [0.2, 0.25) is 0 Å². The fourth-order valence-corrected chi connectivity index (χ4v) is 13.9. The number of hydrogen-bond acceptors (Lipinski definition) is 17. The molecule has 9 N–H and O–H groups in total. The summed E-state index contributed by atoms with van der Waals surface area (Å²) in [5.41, 5.74) is 2.67. The third kappa shape index (κ3) is 7.50. The Labute approximate surface area is 362 Å². The summed E-state index contributed by atoms with van der Waals surface area (Å²) in [5, 5.41) is 96.1. The van der Waals surface area contributed by atoms with E-state index >= 15 is 0 Å². The minimum atomic E-state index is -1.81. The van der Waals surface area contributed by atoms with Gasteiger partial charge in [0.1, 0.15) is 67.1 Å². The summed E-state index contributed by atoms with van der Waals surface area (Å²) < 4.78 is 49.8. The second kappa shape index (κ2) is 17.5. The van der Waals surface area contributed by atoms with E-state index in [9.17, 15) is 46.0 Å². The van der Waals surface area contributed by atoms with Gasteiger partial charge in [-0.05, 0) is 101 Å². The first-order valence-electron chi connectivity index (χ1n) is 23.0. The second-order valence-corrected chi connectivity index (χ2v) is 20.6. The molecule has 6 aliphatic heterocycles. The van der Waals surface area contributed by atoms with E-state index in [1.807, 2.05) is 0 Å². The molecule has 0 amide bonds. The summed E-state index contributed by atoms with van der Waals surface area (Å²) in [6.45, 7) is 9.95. The van der Waals surface area contributed by atoms with Crippen LogP contribution in [0.15, 0.2) is 23.3 Å². The molecule has 62 heavy (non-hydrogen) atoms. The molecule has 6 heterocycles. The van der Waals surface area contributed by atoms with Crippen LogP contribution in [0.3, 0.4) is 0 Å². The van der Waals surface area contributed by atoms with Crippen molar-refractivity contribution in [1.29, 1.82) is 0 Å². The van der Waals surface area contributed by atoms with E-state index < -0.39 is 111 Å². The van der Waals surface area contributed by atoms with Gasteiger partial charge in [-0.1, -0.05) is 37.1 Å². The highest BCUT2D eigenvalue weighted by Crippen LogP contribution is 2.70. The van der Waals surface area contributed by atoms with Gasteiger partial charge in [0.2, 0.25) is 0 Å². The summed E-state index contributed by atoms with van der Waals surface area (Å²) >= 11 is 0. The predicted octanol–water partition coefficient (Wildman–Crippen LogP) is -0.00990. The van der Waals surface area contributed by atoms with E-state index in [1.165, 1.54) is 18.1 Å². The topological polar surface area (TPSA) is 256 Å². The zero-order valence-corrected chi connectivity index (χ0v) is 36.4. The van der Waals surface area contributed by atoms with Gasteiger partial charge in [-0.15, -0.1) is 0 Å². The van der Waals surface area contributed by atoms with Crippen molar-refractivity contribution < 1.29 is 83.9 Å². The molecule has 352 valence electrons. The summed E-state index contributed by atoms with van der Waals surface area (Å²) in [4.78, 5) is 0. The van der Waals surface area contributed by atoms with Crippen LogP contribution in [-0.4, -0.2) is 176 Å². The number of hydrogen-bond donors (Lipinski definition) is 9. The third-order valence-electron chi connectivity index (χ3n) is 17.1. The SMILES string of the molecule is CC(C)=C[C@H]1[C@@H]2OC[C@]34CC[C@H]5[C@@H](CC=C6C[C@@H](O[C@@H]7O[C@H](CO)[C@@H](O)[C@H](O)[C@H]7O[C@@H]7O[C@H](CO)[C@@H](O)[C@H](O)[C@H]7O[C@@H]7O[C@@H](C)[C@H](O)[C@@H](O)[C@H]7O)CC[C@@]65C)[C@@H]3C[C@H](O2)[C@@H]4[C@@H]1C. The Morgan fingerprint density at radius 2 is 1.39 bits per heavy atom. The van der Waals surface area contributed by atoms with Gasteiger partial charge < -0.3 is 83.9 Å². The molecular formula is C45H70O17. The maximum atomic E-state index is 11.5. The molecule has 10 rings (SSSR count). The van der Waals surface area contributed by atoms with Crippen LogP contribution in [0.5, 0.6) is 0 Å². The van der Waals surface area contributed by atoms with Crippen LogP contribution in [0, 0.1) is 46.3 Å². The lowest BCUT2D eigenvalue weighted by Crippen LogP contribution is -2.67. The molecule has 1 spiro atoms. The Morgan fingerprint density at radius 3 is 2.03 bits per heavy atom. The minimum Gasteiger partial charge on any atom is -0.394 e. The van der Waals surface area contributed by atoms with E-state index in [1.54, 1.807) is 0 Å². The minimum absolute atomic E-state index is 0.0520. The van der Waals surface area contributed by atoms with Gasteiger partial charge >= 0.3 is 0 Å². The van der Waals surface area contributed by atoms with Crippen LogP contribution in [0.4, 0.5) is 0 Å². The average Bonchev–Trinajstić information content (AvgIpc) is 3.44. The maximum Gasteiger partial charge on any atom is 0.187 e. The first-order chi connectivity index (χ1) is 29.5. The van der Waals surface area contributed by atoms with Crippen LogP contribution < -0.4 is 0 Å². The normalized spacial score (nSPS) is 55.9. The summed E-state index contributed by atoms with van der Waals surface area (Å²) in [6.07, 6.45) is -12.4. The van der Waals surface area contributed by atoms with E-state index in [2.05, 4.69) is 39.8 Å². The Morgan fingerprint density at radius 1 is 0.742 bits per heavy atom. The zero-order valence-electron chi connectivity index (χ0n) is 36.4. The Hall–Kier alpha value is -1.20. The number of rotatable bonds is 9. The molecule has 17 heteroatoms. The Kier molecular flexibility index (Phi) is 12.9. The maximum absolute atomic E-state index is 11.5. The standard InChI is InChI=1S/C45H70O17/c1-18(2)12-24-19(3)30-27-14-26-23-7-6-21-13-22(8-10-44(21,5)25(23)9-11-45(26,30)17-55-40(24)58-27)57-42-38(35(52)32(49)28(15-46)59-42)62-43-39(36(53)33(50)29(16-47)60-43)61-41-37(54)34(51)31(48)20(4)56-41/h6,12,19-20,22-43,46-54H,7-11,13-17H2,1-5H3/t19-,20+,22+,23-,24-,25+,26+,27+,28-,29-,30+,31+,32-,33-,34-,35+,36+,37-,38-,39-,40-,41+,42-,43+,44+,45-/m1/s1. The van der Waals surface area contributed by atoms with Crippen molar-refractivity contribution >= 4 is 0 Å². The van der Waals surface area contributed by atoms with Gasteiger partial charge in [0.15, 0.2) is 25.2 Å². The first kappa shape index (κ1) is 45.9. The van der Waals surface area contributed by atoms with E-state index in [-0.39, 0.29) is 29.1 Å². The first-order valence-corrected chi connectivity index (χ1v) is 23.0.